The van der Waals surface area contributed by atoms with Crippen molar-refractivity contribution in [3.63, 3.8) is 0 Å². The maximum atomic E-state index is 13.6. The Bertz CT molecular complexity index is 528. The average molecular weight is 293 g/mol. The fraction of sp³-hybridized carbons (Fsp3) is 0.600. The molecule has 0 unspecified atom stereocenters. The SMILES string of the molecule is O=[N+]([O-])c1cc([C@H](C2CCC2)N2CCNCC2)ccc1F. The molecule has 1 atom stereocenters. The van der Waals surface area contributed by atoms with Crippen LogP contribution in [-0.4, -0.2) is 36.0 Å². The summed E-state index contributed by atoms with van der Waals surface area (Å²) in [5.74, 6) is -0.218. The molecule has 0 bridgehead atoms. The van der Waals surface area contributed by atoms with Crippen molar-refractivity contribution in [2.45, 2.75) is 25.3 Å². The molecule has 1 saturated heterocycles. The molecule has 21 heavy (non-hydrogen) atoms. The number of nitrogens with zero attached hydrogens (tertiary/aromatic N) is 2. The first kappa shape index (κ1) is 14.4. The monoisotopic (exact) mass is 293 g/mol. The van der Waals surface area contributed by atoms with E-state index in [4.69, 9.17) is 0 Å². The summed E-state index contributed by atoms with van der Waals surface area (Å²) in [6.07, 6.45) is 3.52. The molecule has 1 N–H and O–H groups in total. The average Bonchev–Trinajstić information content (AvgIpc) is 2.44. The van der Waals surface area contributed by atoms with E-state index >= 15 is 0 Å². The minimum absolute atomic E-state index is 0.181. The van der Waals surface area contributed by atoms with Crippen molar-refractivity contribution < 1.29 is 9.31 Å². The van der Waals surface area contributed by atoms with Gasteiger partial charge in [0.05, 0.1) is 4.92 Å². The summed E-state index contributed by atoms with van der Waals surface area (Å²) in [7, 11) is 0. The van der Waals surface area contributed by atoms with E-state index in [1.807, 2.05) is 0 Å². The van der Waals surface area contributed by atoms with E-state index in [9.17, 15) is 14.5 Å². The van der Waals surface area contributed by atoms with E-state index < -0.39 is 16.4 Å². The summed E-state index contributed by atoms with van der Waals surface area (Å²) in [6, 6.07) is 4.56. The first-order chi connectivity index (χ1) is 10.2. The zero-order valence-electron chi connectivity index (χ0n) is 11.9. The van der Waals surface area contributed by atoms with Crippen LogP contribution in [0.1, 0.15) is 30.9 Å². The van der Waals surface area contributed by atoms with Crippen LogP contribution >= 0.6 is 0 Å². The Kier molecular flexibility index (Phi) is 4.17. The van der Waals surface area contributed by atoms with Gasteiger partial charge in [-0.2, -0.15) is 4.39 Å². The molecule has 1 aromatic rings. The van der Waals surface area contributed by atoms with Gasteiger partial charge in [0.2, 0.25) is 5.82 Å². The van der Waals surface area contributed by atoms with Gasteiger partial charge in [0, 0.05) is 38.3 Å². The lowest BCUT2D eigenvalue weighted by molar-refractivity contribution is -0.387. The van der Waals surface area contributed by atoms with Crippen molar-refractivity contribution in [1.82, 2.24) is 10.2 Å². The molecule has 1 saturated carbocycles. The third-order valence-corrected chi connectivity index (χ3v) is 4.65. The van der Waals surface area contributed by atoms with Crippen molar-refractivity contribution in [2.24, 2.45) is 5.92 Å². The molecule has 5 nitrogen and oxygen atoms in total. The lowest BCUT2D eigenvalue weighted by atomic mass is 9.76. The largest absolute Gasteiger partial charge is 0.314 e. The molecule has 0 aromatic heterocycles. The highest BCUT2D eigenvalue weighted by molar-refractivity contribution is 5.38. The van der Waals surface area contributed by atoms with Crippen LogP contribution in [-0.2, 0) is 0 Å². The van der Waals surface area contributed by atoms with E-state index in [0.29, 0.717) is 5.92 Å². The van der Waals surface area contributed by atoms with Gasteiger partial charge in [-0.15, -0.1) is 0 Å². The molecule has 0 spiro atoms. The van der Waals surface area contributed by atoms with Gasteiger partial charge in [-0.05, 0) is 30.4 Å². The van der Waals surface area contributed by atoms with E-state index in [1.54, 1.807) is 6.07 Å². The van der Waals surface area contributed by atoms with Gasteiger partial charge in [-0.1, -0.05) is 12.5 Å². The van der Waals surface area contributed by atoms with Crippen LogP contribution < -0.4 is 5.32 Å². The maximum Gasteiger partial charge on any atom is 0.305 e. The van der Waals surface area contributed by atoms with Crippen LogP contribution in [0.25, 0.3) is 0 Å². The summed E-state index contributed by atoms with van der Waals surface area (Å²) in [6.45, 7) is 3.75. The summed E-state index contributed by atoms with van der Waals surface area (Å²) in [5, 5.41) is 14.3. The number of halogens is 1. The van der Waals surface area contributed by atoms with Crippen molar-refractivity contribution in [3.8, 4) is 0 Å². The highest BCUT2D eigenvalue weighted by atomic mass is 19.1. The van der Waals surface area contributed by atoms with E-state index in [0.717, 1.165) is 44.6 Å². The van der Waals surface area contributed by atoms with Crippen molar-refractivity contribution in [2.75, 3.05) is 26.2 Å². The van der Waals surface area contributed by atoms with Crippen LogP contribution in [0.2, 0.25) is 0 Å². The fourth-order valence-corrected chi connectivity index (χ4v) is 3.35. The zero-order valence-corrected chi connectivity index (χ0v) is 11.9. The molecule has 1 heterocycles. The van der Waals surface area contributed by atoms with Crippen LogP contribution in [0.5, 0.6) is 0 Å². The molecular formula is C15H20FN3O2. The Balaban J connectivity index is 1.91. The summed E-state index contributed by atoms with van der Waals surface area (Å²) in [5.41, 5.74) is 0.474. The molecule has 1 aromatic carbocycles. The molecule has 2 aliphatic rings. The summed E-state index contributed by atoms with van der Waals surface area (Å²) in [4.78, 5) is 12.7. The van der Waals surface area contributed by atoms with E-state index in [1.165, 1.54) is 18.6 Å². The van der Waals surface area contributed by atoms with Gasteiger partial charge < -0.3 is 5.32 Å². The van der Waals surface area contributed by atoms with Crippen molar-refractivity contribution in [3.05, 3.63) is 39.7 Å². The van der Waals surface area contributed by atoms with Crippen LogP contribution in [0.15, 0.2) is 18.2 Å². The minimum atomic E-state index is -0.753. The number of hydrogen-bond donors (Lipinski definition) is 1. The highest BCUT2D eigenvalue weighted by Gasteiger charge is 2.34. The van der Waals surface area contributed by atoms with Crippen LogP contribution in [0.3, 0.4) is 0 Å². The Morgan fingerprint density at radius 1 is 1.33 bits per heavy atom. The van der Waals surface area contributed by atoms with Gasteiger partial charge in [0.25, 0.3) is 0 Å². The Labute approximate surface area is 123 Å². The van der Waals surface area contributed by atoms with Crippen molar-refractivity contribution >= 4 is 5.69 Å². The topological polar surface area (TPSA) is 58.4 Å². The molecule has 0 radical (unpaired) electrons. The van der Waals surface area contributed by atoms with Crippen LogP contribution in [0.4, 0.5) is 10.1 Å². The standard InChI is InChI=1S/C15H20FN3O2/c16-13-5-4-12(10-14(13)19(20)21)15(11-2-1-3-11)18-8-6-17-7-9-18/h4-5,10-11,15,17H,1-3,6-9H2/t15-/m0/s1. The summed E-state index contributed by atoms with van der Waals surface area (Å²) >= 11 is 0. The van der Waals surface area contributed by atoms with E-state index in [-0.39, 0.29) is 6.04 Å². The Morgan fingerprint density at radius 3 is 2.62 bits per heavy atom. The third-order valence-electron chi connectivity index (χ3n) is 4.65. The predicted octanol–water partition coefficient (Wildman–Crippen LogP) is 2.48. The van der Waals surface area contributed by atoms with E-state index in [2.05, 4.69) is 10.2 Å². The second kappa shape index (κ2) is 6.07. The molecule has 3 rings (SSSR count). The predicted molar refractivity (Wildman–Crippen MR) is 77.6 cm³/mol. The smallest absolute Gasteiger partial charge is 0.305 e. The van der Waals surface area contributed by atoms with Gasteiger partial charge in [-0.3, -0.25) is 15.0 Å². The molecule has 1 aliphatic heterocycles. The first-order valence-electron chi connectivity index (χ1n) is 7.55. The van der Waals surface area contributed by atoms with Gasteiger partial charge in [0.1, 0.15) is 0 Å². The number of hydrogen-bond acceptors (Lipinski definition) is 4. The normalized spacial score (nSPS) is 21.8. The number of nitro groups is 1. The number of rotatable bonds is 4. The number of piperazine rings is 1. The number of nitro benzene ring substituents is 1. The zero-order chi connectivity index (χ0) is 14.8. The molecule has 6 heteroatoms. The quantitative estimate of drug-likeness (QED) is 0.684. The highest BCUT2D eigenvalue weighted by Crippen LogP contribution is 2.42. The van der Waals surface area contributed by atoms with Gasteiger partial charge in [-0.25, -0.2) is 0 Å². The van der Waals surface area contributed by atoms with Gasteiger partial charge >= 0.3 is 5.69 Å². The first-order valence-corrected chi connectivity index (χ1v) is 7.55. The number of nitrogens with one attached hydrogen (secondary N) is 1. The third kappa shape index (κ3) is 2.91. The summed E-state index contributed by atoms with van der Waals surface area (Å²) < 4.78 is 13.6. The second-order valence-electron chi connectivity index (χ2n) is 5.89. The van der Waals surface area contributed by atoms with Crippen LogP contribution in [0, 0.1) is 21.8 Å². The second-order valence-corrected chi connectivity index (χ2v) is 5.89. The number of benzene rings is 1. The molecule has 2 fully saturated rings. The minimum Gasteiger partial charge on any atom is -0.314 e. The molecule has 114 valence electrons. The maximum absolute atomic E-state index is 13.6. The Morgan fingerprint density at radius 2 is 2.05 bits per heavy atom. The van der Waals surface area contributed by atoms with Gasteiger partial charge in [0.15, 0.2) is 0 Å². The lowest BCUT2D eigenvalue weighted by Crippen LogP contribution is -2.47. The van der Waals surface area contributed by atoms with Crippen molar-refractivity contribution in [1.29, 1.82) is 0 Å². The lowest BCUT2D eigenvalue weighted by Gasteiger charge is -2.43. The molecular weight excluding hydrogens is 273 g/mol. The fourth-order valence-electron chi connectivity index (χ4n) is 3.35. The Hall–Kier alpha value is -1.53. The molecule has 1 aliphatic carbocycles. The molecule has 0 amide bonds.